The van der Waals surface area contributed by atoms with Crippen LogP contribution in [0.4, 0.5) is 4.79 Å². The molecule has 4 nitrogen and oxygen atoms in total. The number of ether oxygens (including phenoxy) is 2. The SMILES string of the molecule is CC(C)(C)OC(=O)N[C@@H](CCBr)C1CCOCC1. The van der Waals surface area contributed by atoms with Gasteiger partial charge in [-0.1, -0.05) is 15.9 Å². The van der Waals surface area contributed by atoms with Gasteiger partial charge >= 0.3 is 6.09 Å². The van der Waals surface area contributed by atoms with Gasteiger partial charge in [0, 0.05) is 24.6 Å². The van der Waals surface area contributed by atoms with E-state index in [-0.39, 0.29) is 12.1 Å². The van der Waals surface area contributed by atoms with Gasteiger partial charge in [0.15, 0.2) is 0 Å². The highest BCUT2D eigenvalue weighted by molar-refractivity contribution is 9.09. The maximum absolute atomic E-state index is 11.8. The average molecular weight is 322 g/mol. The van der Waals surface area contributed by atoms with E-state index in [2.05, 4.69) is 21.2 Å². The fourth-order valence-corrected chi connectivity index (χ4v) is 2.61. The van der Waals surface area contributed by atoms with Crippen LogP contribution < -0.4 is 5.32 Å². The van der Waals surface area contributed by atoms with Crippen molar-refractivity contribution in [1.82, 2.24) is 5.32 Å². The molecular weight excluding hydrogens is 298 g/mol. The van der Waals surface area contributed by atoms with Crippen molar-refractivity contribution < 1.29 is 14.3 Å². The smallest absolute Gasteiger partial charge is 0.407 e. The lowest BCUT2D eigenvalue weighted by Gasteiger charge is -2.31. The minimum atomic E-state index is -0.446. The minimum absolute atomic E-state index is 0.170. The molecule has 1 saturated heterocycles. The number of halogens is 1. The van der Waals surface area contributed by atoms with Crippen molar-refractivity contribution in [3.05, 3.63) is 0 Å². The van der Waals surface area contributed by atoms with Crippen molar-refractivity contribution in [1.29, 1.82) is 0 Å². The molecule has 1 fully saturated rings. The van der Waals surface area contributed by atoms with Gasteiger partial charge in [0.2, 0.25) is 0 Å². The number of rotatable bonds is 4. The molecule has 5 heteroatoms. The number of carbonyl (C=O) groups excluding carboxylic acids is 1. The Labute approximate surface area is 118 Å². The first-order valence-electron chi connectivity index (χ1n) is 6.55. The van der Waals surface area contributed by atoms with Gasteiger partial charge in [-0.05, 0) is 46.0 Å². The summed E-state index contributed by atoms with van der Waals surface area (Å²) in [6.07, 6.45) is 2.62. The minimum Gasteiger partial charge on any atom is -0.444 e. The molecule has 1 atom stereocenters. The molecule has 1 aliphatic heterocycles. The van der Waals surface area contributed by atoms with E-state index in [4.69, 9.17) is 9.47 Å². The Kier molecular flexibility index (Phi) is 6.43. The molecule has 0 radical (unpaired) electrons. The molecule has 0 aromatic heterocycles. The molecule has 0 aromatic rings. The van der Waals surface area contributed by atoms with E-state index in [1.165, 1.54) is 0 Å². The fourth-order valence-electron chi connectivity index (χ4n) is 2.12. The molecule has 18 heavy (non-hydrogen) atoms. The highest BCUT2D eigenvalue weighted by atomic mass is 79.9. The summed E-state index contributed by atoms with van der Waals surface area (Å²) in [7, 11) is 0. The predicted octanol–water partition coefficient (Wildman–Crippen LogP) is 3.09. The molecule has 0 spiro atoms. The highest BCUT2D eigenvalue weighted by Gasteiger charge is 2.26. The van der Waals surface area contributed by atoms with Gasteiger partial charge < -0.3 is 14.8 Å². The number of amides is 1. The highest BCUT2D eigenvalue weighted by Crippen LogP contribution is 2.22. The molecule has 0 aliphatic carbocycles. The third-order valence-electron chi connectivity index (χ3n) is 2.96. The molecule has 1 aliphatic rings. The average Bonchev–Trinajstić information content (AvgIpc) is 2.27. The summed E-state index contributed by atoms with van der Waals surface area (Å²) >= 11 is 3.44. The number of carbonyl (C=O) groups is 1. The summed E-state index contributed by atoms with van der Waals surface area (Å²) in [6, 6.07) is 0.170. The van der Waals surface area contributed by atoms with Crippen LogP contribution in [0.2, 0.25) is 0 Å². The Morgan fingerprint density at radius 3 is 2.56 bits per heavy atom. The maximum Gasteiger partial charge on any atom is 0.407 e. The van der Waals surface area contributed by atoms with Gasteiger partial charge in [0.25, 0.3) is 0 Å². The van der Waals surface area contributed by atoms with Crippen LogP contribution >= 0.6 is 15.9 Å². The quantitative estimate of drug-likeness (QED) is 0.809. The summed E-state index contributed by atoms with van der Waals surface area (Å²) in [6.45, 7) is 7.21. The van der Waals surface area contributed by atoms with Crippen LogP contribution in [0.1, 0.15) is 40.0 Å². The van der Waals surface area contributed by atoms with Gasteiger partial charge in [0.05, 0.1) is 0 Å². The molecule has 0 unspecified atom stereocenters. The Morgan fingerprint density at radius 2 is 2.06 bits per heavy atom. The van der Waals surface area contributed by atoms with E-state index in [1.54, 1.807) is 0 Å². The van der Waals surface area contributed by atoms with Gasteiger partial charge in [-0.3, -0.25) is 0 Å². The van der Waals surface area contributed by atoms with Crippen LogP contribution in [-0.2, 0) is 9.47 Å². The molecule has 1 heterocycles. The van der Waals surface area contributed by atoms with Crippen LogP contribution in [0, 0.1) is 5.92 Å². The first-order valence-corrected chi connectivity index (χ1v) is 7.68. The number of nitrogens with one attached hydrogen (secondary N) is 1. The first-order chi connectivity index (χ1) is 8.42. The Hall–Kier alpha value is -0.290. The summed E-state index contributed by atoms with van der Waals surface area (Å²) in [5, 5.41) is 3.88. The van der Waals surface area contributed by atoms with E-state index in [0.717, 1.165) is 37.8 Å². The van der Waals surface area contributed by atoms with Crippen molar-refractivity contribution >= 4 is 22.0 Å². The Morgan fingerprint density at radius 1 is 1.44 bits per heavy atom. The summed E-state index contributed by atoms with van der Waals surface area (Å²) in [5.74, 6) is 0.490. The lowest BCUT2D eigenvalue weighted by atomic mass is 9.90. The van der Waals surface area contributed by atoms with Gasteiger partial charge in [-0.15, -0.1) is 0 Å². The topological polar surface area (TPSA) is 47.6 Å². The van der Waals surface area contributed by atoms with Crippen LogP contribution in [-0.4, -0.2) is 36.3 Å². The molecule has 0 saturated carbocycles. The van der Waals surface area contributed by atoms with E-state index in [9.17, 15) is 4.79 Å². The zero-order valence-corrected chi connectivity index (χ0v) is 13.1. The lowest BCUT2D eigenvalue weighted by molar-refractivity contribution is 0.0348. The predicted molar refractivity (Wildman–Crippen MR) is 75.1 cm³/mol. The normalized spacial score (nSPS) is 19.3. The second-order valence-electron chi connectivity index (χ2n) is 5.68. The van der Waals surface area contributed by atoms with Crippen LogP contribution in [0.3, 0.4) is 0 Å². The molecule has 1 rings (SSSR count). The molecular formula is C13H24BrNO3. The molecule has 106 valence electrons. The zero-order valence-electron chi connectivity index (χ0n) is 11.5. The molecule has 1 amide bonds. The summed E-state index contributed by atoms with van der Waals surface area (Å²) in [4.78, 5) is 11.8. The van der Waals surface area contributed by atoms with Crippen molar-refractivity contribution in [2.24, 2.45) is 5.92 Å². The van der Waals surface area contributed by atoms with Gasteiger partial charge in [-0.25, -0.2) is 4.79 Å². The summed E-state index contributed by atoms with van der Waals surface area (Å²) < 4.78 is 10.7. The number of alkyl halides is 1. The third-order valence-corrected chi connectivity index (χ3v) is 3.42. The second-order valence-corrected chi connectivity index (χ2v) is 6.47. The monoisotopic (exact) mass is 321 g/mol. The third kappa shape index (κ3) is 6.05. The number of alkyl carbamates (subject to hydrolysis) is 1. The van der Waals surface area contributed by atoms with Crippen LogP contribution in [0.15, 0.2) is 0 Å². The van der Waals surface area contributed by atoms with E-state index in [0.29, 0.717) is 5.92 Å². The van der Waals surface area contributed by atoms with Gasteiger partial charge in [0.1, 0.15) is 5.60 Å². The summed E-state index contributed by atoms with van der Waals surface area (Å²) in [5.41, 5.74) is -0.446. The van der Waals surface area contributed by atoms with Crippen molar-refractivity contribution in [2.45, 2.75) is 51.7 Å². The molecule has 0 aromatic carbocycles. The van der Waals surface area contributed by atoms with Crippen molar-refractivity contribution in [3.8, 4) is 0 Å². The lowest BCUT2D eigenvalue weighted by Crippen LogP contribution is -2.44. The first kappa shape index (κ1) is 15.8. The molecule has 1 N–H and O–H groups in total. The zero-order chi connectivity index (χ0) is 13.6. The maximum atomic E-state index is 11.8. The van der Waals surface area contributed by atoms with E-state index >= 15 is 0 Å². The van der Waals surface area contributed by atoms with Gasteiger partial charge in [-0.2, -0.15) is 0 Å². The second kappa shape index (κ2) is 7.34. The standard InChI is InChI=1S/C13H24BrNO3/c1-13(2,3)18-12(16)15-11(4-7-14)10-5-8-17-9-6-10/h10-11H,4-9H2,1-3H3,(H,15,16)/t11-/m0/s1. The molecule has 0 bridgehead atoms. The van der Waals surface area contributed by atoms with Crippen molar-refractivity contribution in [2.75, 3.05) is 18.5 Å². The van der Waals surface area contributed by atoms with E-state index in [1.807, 2.05) is 20.8 Å². The fraction of sp³-hybridized carbons (Fsp3) is 0.923. The number of hydrogen-bond donors (Lipinski definition) is 1. The van der Waals surface area contributed by atoms with Crippen molar-refractivity contribution in [3.63, 3.8) is 0 Å². The van der Waals surface area contributed by atoms with E-state index < -0.39 is 5.60 Å². The van der Waals surface area contributed by atoms with Crippen LogP contribution in [0.5, 0.6) is 0 Å². The Bertz CT molecular complexity index is 259. The Balaban J connectivity index is 2.48. The van der Waals surface area contributed by atoms with Crippen LogP contribution in [0.25, 0.3) is 0 Å². The largest absolute Gasteiger partial charge is 0.444 e. The number of hydrogen-bond acceptors (Lipinski definition) is 3.